The highest BCUT2D eigenvalue weighted by molar-refractivity contribution is 5.94. The Morgan fingerprint density at radius 1 is 1.45 bits per heavy atom. The van der Waals surface area contributed by atoms with E-state index in [4.69, 9.17) is 0 Å². The summed E-state index contributed by atoms with van der Waals surface area (Å²) in [7, 11) is 0. The van der Waals surface area contributed by atoms with E-state index in [1.807, 2.05) is 6.92 Å². The molecule has 0 fully saturated rings. The fourth-order valence-corrected chi connectivity index (χ4v) is 1.59. The molecule has 20 heavy (non-hydrogen) atoms. The summed E-state index contributed by atoms with van der Waals surface area (Å²) in [5.74, 6) is -0.427. The Balaban J connectivity index is 2.06. The van der Waals surface area contributed by atoms with E-state index in [1.54, 1.807) is 18.2 Å². The van der Waals surface area contributed by atoms with E-state index in [0.29, 0.717) is 10.3 Å². The van der Waals surface area contributed by atoms with E-state index < -0.39 is 5.91 Å². The highest BCUT2D eigenvalue weighted by atomic mass is 16.5. The van der Waals surface area contributed by atoms with Crippen molar-refractivity contribution < 1.29 is 14.6 Å². The van der Waals surface area contributed by atoms with Crippen molar-refractivity contribution in [3.63, 3.8) is 0 Å². The first kappa shape index (κ1) is 13.5. The molecule has 2 N–H and O–H groups in total. The predicted octanol–water partition coefficient (Wildman–Crippen LogP) is 1.10. The van der Waals surface area contributed by atoms with Gasteiger partial charge in [0.1, 0.15) is 11.3 Å². The van der Waals surface area contributed by atoms with Gasteiger partial charge in [0.05, 0.1) is 6.21 Å². The Morgan fingerprint density at radius 3 is 3.00 bits per heavy atom. The molecule has 1 heterocycles. The molecule has 6 nitrogen and oxygen atoms in total. The van der Waals surface area contributed by atoms with E-state index >= 15 is 0 Å². The van der Waals surface area contributed by atoms with Crippen molar-refractivity contribution >= 4 is 12.1 Å². The Kier molecular flexibility index (Phi) is 3.95. The maximum absolute atomic E-state index is 11.7. The van der Waals surface area contributed by atoms with Gasteiger partial charge in [-0.15, -0.1) is 0 Å². The summed E-state index contributed by atoms with van der Waals surface area (Å²) < 4.78 is 0.533. The number of nitrogens with zero attached hydrogens (tertiary/aromatic N) is 2. The molecule has 1 aromatic heterocycles. The lowest BCUT2D eigenvalue weighted by Crippen LogP contribution is -2.28. The number of aromatic nitrogens is 1. The molecule has 0 saturated heterocycles. The van der Waals surface area contributed by atoms with Crippen LogP contribution in [0, 0.1) is 12.1 Å². The van der Waals surface area contributed by atoms with E-state index in [0.717, 1.165) is 11.8 Å². The number of aromatic hydroxyl groups is 1. The quantitative estimate of drug-likeness (QED) is 0.379. The number of phenolic OH excluding ortho intramolecular Hbond substituents is 1. The molecular weight excluding hydrogens is 258 g/mol. The molecule has 2 aromatic rings. The molecular formula is C14H13N3O3. The fraction of sp³-hybridized carbons (Fsp3) is 0.0714. The number of rotatable bonds is 3. The van der Waals surface area contributed by atoms with Gasteiger partial charge in [0.15, 0.2) is 12.4 Å². The van der Waals surface area contributed by atoms with Crippen molar-refractivity contribution in [2.75, 3.05) is 0 Å². The predicted molar refractivity (Wildman–Crippen MR) is 73.3 cm³/mol. The molecule has 1 aromatic carbocycles. The summed E-state index contributed by atoms with van der Waals surface area (Å²) in [5, 5.41) is 24.4. The lowest BCUT2D eigenvalue weighted by molar-refractivity contribution is -0.605. The number of benzene rings is 1. The second-order valence-electron chi connectivity index (χ2n) is 4.21. The normalized spacial score (nSPS) is 10.7. The number of pyridine rings is 1. The van der Waals surface area contributed by atoms with Crippen molar-refractivity contribution in [2.24, 2.45) is 5.10 Å². The molecule has 1 amide bonds. The number of hydrogen-bond donors (Lipinski definition) is 2. The minimum Gasteiger partial charge on any atom is -0.619 e. The Morgan fingerprint density at radius 2 is 2.25 bits per heavy atom. The van der Waals surface area contributed by atoms with Crippen LogP contribution in [-0.4, -0.2) is 17.2 Å². The number of phenols is 1. The highest BCUT2D eigenvalue weighted by Crippen LogP contribution is 2.15. The first-order chi connectivity index (χ1) is 9.56. The lowest BCUT2D eigenvalue weighted by Gasteiger charge is -2.01. The lowest BCUT2D eigenvalue weighted by atomic mass is 10.1. The van der Waals surface area contributed by atoms with Crippen LogP contribution in [0.1, 0.15) is 21.5 Å². The first-order valence-corrected chi connectivity index (χ1v) is 5.88. The topological polar surface area (TPSA) is 88.6 Å². The number of hydrazone groups is 1. The second-order valence-corrected chi connectivity index (χ2v) is 4.21. The van der Waals surface area contributed by atoms with Gasteiger partial charge in [-0.1, -0.05) is 11.6 Å². The zero-order chi connectivity index (χ0) is 14.5. The SMILES string of the molecule is Cc1ccc(O)c(/C=N/NC(=O)c2ccc[n+]([O-])c2)c1. The highest BCUT2D eigenvalue weighted by Gasteiger charge is 2.07. The van der Waals surface area contributed by atoms with Crippen molar-refractivity contribution in [3.05, 3.63) is 64.6 Å². The summed E-state index contributed by atoms with van der Waals surface area (Å²) >= 11 is 0. The smallest absolute Gasteiger partial charge is 0.277 e. The Hall–Kier alpha value is -2.89. The molecule has 0 aliphatic heterocycles. The molecule has 102 valence electrons. The number of hydrogen-bond acceptors (Lipinski definition) is 4. The van der Waals surface area contributed by atoms with Gasteiger partial charge in [0.2, 0.25) is 0 Å². The van der Waals surface area contributed by atoms with Crippen LogP contribution in [0.5, 0.6) is 5.75 Å². The Bertz CT molecular complexity index is 668. The third-order valence-electron chi connectivity index (χ3n) is 2.59. The molecule has 6 heteroatoms. The van der Waals surface area contributed by atoms with Crippen LogP contribution < -0.4 is 10.2 Å². The van der Waals surface area contributed by atoms with Gasteiger partial charge in [0.25, 0.3) is 5.91 Å². The molecule has 0 aliphatic rings. The summed E-state index contributed by atoms with van der Waals surface area (Å²) in [5.41, 5.74) is 3.95. The zero-order valence-electron chi connectivity index (χ0n) is 10.8. The molecule has 0 atom stereocenters. The van der Waals surface area contributed by atoms with Crippen LogP contribution in [-0.2, 0) is 0 Å². The largest absolute Gasteiger partial charge is 0.619 e. The summed E-state index contributed by atoms with van der Waals surface area (Å²) in [6, 6.07) is 8.03. The monoisotopic (exact) mass is 271 g/mol. The second kappa shape index (κ2) is 5.83. The van der Waals surface area contributed by atoms with E-state index in [1.165, 1.54) is 24.5 Å². The molecule has 2 rings (SSSR count). The molecule has 0 saturated carbocycles. The fourth-order valence-electron chi connectivity index (χ4n) is 1.59. The van der Waals surface area contributed by atoms with Crippen LogP contribution in [0.15, 0.2) is 47.8 Å². The van der Waals surface area contributed by atoms with Gasteiger partial charge in [-0.2, -0.15) is 9.83 Å². The minimum atomic E-state index is -0.501. The average Bonchev–Trinajstić information content (AvgIpc) is 2.42. The van der Waals surface area contributed by atoms with Crippen molar-refractivity contribution in [1.82, 2.24) is 5.43 Å². The average molecular weight is 271 g/mol. The number of aryl methyl sites for hydroxylation is 1. The zero-order valence-corrected chi connectivity index (χ0v) is 10.8. The molecule has 0 bridgehead atoms. The van der Waals surface area contributed by atoms with Crippen LogP contribution in [0.25, 0.3) is 0 Å². The summed E-state index contributed by atoms with van der Waals surface area (Å²) in [6.07, 6.45) is 3.77. The van der Waals surface area contributed by atoms with Crippen molar-refractivity contribution in [3.8, 4) is 5.75 Å². The van der Waals surface area contributed by atoms with Crippen LogP contribution in [0.3, 0.4) is 0 Å². The van der Waals surface area contributed by atoms with Crippen LogP contribution >= 0.6 is 0 Å². The summed E-state index contributed by atoms with van der Waals surface area (Å²) in [6.45, 7) is 1.88. The maximum Gasteiger partial charge on any atom is 0.277 e. The standard InChI is InChI=1S/C14H13N3O3/c1-10-4-5-13(18)12(7-10)8-15-16-14(19)11-3-2-6-17(20)9-11/h2-9,18H,1H3,(H,16,19)/b15-8+. The molecule has 0 spiro atoms. The summed E-state index contributed by atoms with van der Waals surface area (Å²) in [4.78, 5) is 11.7. The van der Waals surface area contributed by atoms with E-state index in [-0.39, 0.29) is 11.3 Å². The van der Waals surface area contributed by atoms with Gasteiger partial charge in [-0.3, -0.25) is 4.79 Å². The van der Waals surface area contributed by atoms with Gasteiger partial charge >= 0.3 is 0 Å². The molecule has 0 aliphatic carbocycles. The number of carbonyl (C=O) groups is 1. The van der Waals surface area contributed by atoms with Gasteiger partial charge < -0.3 is 10.3 Å². The van der Waals surface area contributed by atoms with Gasteiger partial charge in [0, 0.05) is 11.6 Å². The molecule has 0 radical (unpaired) electrons. The number of nitrogens with one attached hydrogen (secondary N) is 1. The van der Waals surface area contributed by atoms with Crippen LogP contribution in [0.2, 0.25) is 0 Å². The first-order valence-electron chi connectivity index (χ1n) is 5.88. The van der Waals surface area contributed by atoms with E-state index in [9.17, 15) is 15.1 Å². The van der Waals surface area contributed by atoms with Gasteiger partial charge in [-0.25, -0.2) is 5.43 Å². The van der Waals surface area contributed by atoms with Crippen molar-refractivity contribution in [2.45, 2.75) is 6.92 Å². The van der Waals surface area contributed by atoms with Gasteiger partial charge in [-0.05, 0) is 25.1 Å². The van der Waals surface area contributed by atoms with Crippen molar-refractivity contribution in [1.29, 1.82) is 0 Å². The maximum atomic E-state index is 11.7. The van der Waals surface area contributed by atoms with E-state index in [2.05, 4.69) is 10.5 Å². The third-order valence-corrected chi connectivity index (χ3v) is 2.59. The Labute approximate surface area is 115 Å². The third kappa shape index (κ3) is 3.32. The number of carbonyl (C=O) groups excluding carboxylic acids is 1. The molecule has 0 unspecified atom stereocenters. The van der Waals surface area contributed by atoms with Crippen LogP contribution in [0.4, 0.5) is 0 Å². The minimum absolute atomic E-state index is 0.0747. The number of amides is 1.